The van der Waals surface area contributed by atoms with Crippen LogP contribution in [0.25, 0.3) is 0 Å². The minimum atomic E-state index is -5.17. The van der Waals surface area contributed by atoms with E-state index in [9.17, 15) is 22.0 Å². The topological polar surface area (TPSA) is 18.5 Å². The smallest absolute Gasteiger partial charge is 0.176 e. The second-order valence-electron chi connectivity index (χ2n) is 0.886. The number of rotatable bonds is 2. The summed E-state index contributed by atoms with van der Waals surface area (Å²) in [4.78, 5) is 4.69. The van der Waals surface area contributed by atoms with Crippen LogP contribution in [0.2, 0.25) is 0 Å². The maximum atomic E-state index is 10.7. The summed E-state index contributed by atoms with van der Waals surface area (Å²) in [6.45, 7) is -3.58. The van der Waals surface area contributed by atoms with E-state index in [0.717, 1.165) is 0 Å². The van der Waals surface area contributed by atoms with Gasteiger partial charge in [0.15, 0.2) is 0 Å². The number of alkyl halides is 5. The van der Waals surface area contributed by atoms with Crippen molar-refractivity contribution >= 4 is 0 Å². The lowest BCUT2D eigenvalue weighted by Crippen LogP contribution is -2.15. The highest BCUT2D eigenvalue weighted by Crippen LogP contribution is 2.17. The second kappa shape index (κ2) is 2.92. The molecule has 7 heteroatoms. The van der Waals surface area contributed by atoms with Crippen LogP contribution in [-0.2, 0) is 9.78 Å². The summed E-state index contributed by atoms with van der Waals surface area (Å²) >= 11 is 0. The second-order valence-corrected chi connectivity index (χ2v) is 0.886. The van der Waals surface area contributed by atoms with E-state index in [1.807, 2.05) is 0 Å². The molecule has 0 saturated carbocycles. The summed E-state index contributed by atoms with van der Waals surface area (Å²) in [5.41, 5.74) is 0. The van der Waals surface area contributed by atoms with Gasteiger partial charge < -0.3 is 0 Å². The molecule has 0 heterocycles. The zero-order valence-electron chi connectivity index (χ0n) is 3.78. The van der Waals surface area contributed by atoms with Gasteiger partial charge in [0.05, 0.1) is 0 Å². The number of hydrogen-bond donors (Lipinski definition) is 0. The van der Waals surface area contributed by atoms with Crippen LogP contribution in [0.4, 0.5) is 22.0 Å². The molecule has 0 rings (SSSR count). The molecule has 2 nitrogen and oxygen atoms in total. The van der Waals surface area contributed by atoms with Crippen molar-refractivity contribution < 1.29 is 31.7 Å². The predicted molar refractivity (Wildman–Crippen MR) is 14.2 cm³/mol. The van der Waals surface area contributed by atoms with E-state index < -0.39 is 13.0 Å². The molecule has 0 spiro atoms. The van der Waals surface area contributed by atoms with E-state index in [2.05, 4.69) is 9.78 Å². The van der Waals surface area contributed by atoms with Crippen LogP contribution >= 0.6 is 0 Å². The van der Waals surface area contributed by atoms with Gasteiger partial charge in [-0.25, -0.2) is 0 Å². The molecule has 0 unspecified atom stereocenters. The molecule has 0 fully saturated rings. The Kier molecular flexibility index (Phi) is 2.78. The minimum Gasteiger partial charge on any atom is -0.176 e. The summed E-state index contributed by atoms with van der Waals surface area (Å²) in [6.07, 6.45) is -5.17. The Labute approximate surface area is 46.1 Å². The van der Waals surface area contributed by atoms with E-state index in [-0.39, 0.29) is 0 Å². The zero-order valence-corrected chi connectivity index (χ0v) is 3.78. The molecular weight excluding hydrogens is 151 g/mol. The first-order chi connectivity index (χ1) is 3.92. The minimum absolute atomic E-state index is 2.24. The lowest BCUT2D eigenvalue weighted by molar-refractivity contribution is -0.521. The Bertz CT molecular complexity index is 77.5. The molecule has 0 bridgehead atoms. The Morgan fingerprint density at radius 2 is 1.56 bits per heavy atom. The summed E-state index contributed by atoms with van der Waals surface area (Å²) in [5.74, 6) is 0. The van der Waals surface area contributed by atoms with Gasteiger partial charge in [0.25, 0.3) is 0 Å². The first kappa shape index (κ1) is 8.57. The molecule has 0 aliphatic rings. The Morgan fingerprint density at radius 1 is 1.11 bits per heavy atom. The highest BCUT2D eigenvalue weighted by atomic mass is 19.4. The predicted octanol–water partition coefficient (Wildman–Crippen LogP) is 1.68. The first-order valence-corrected chi connectivity index (χ1v) is 1.61. The summed E-state index contributed by atoms with van der Waals surface area (Å²) < 4.78 is 53.6. The van der Waals surface area contributed by atoms with Crippen LogP contribution in [0.3, 0.4) is 0 Å². The third-order valence-corrected chi connectivity index (χ3v) is 0.215. The summed E-state index contributed by atoms with van der Waals surface area (Å²) in [5, 5.41) is 0. The molecule has 9 heavy (non-hydrogen) atoms. The van der Waals surface area contributed by atoms with Crippen molar-refractivity contribution in [1.29, 1.82) is 0 Å². The first-order valence-electron chi connectivity index (χ1n) is 1.61. The lowest BCUT2D eigenvalue weighted by atomic mass is 11.4. The molecule has 0 atom stereocenters. The van der Waals surface area contributed by atoms with Gasteiger partial charge >= 0.3 is 13.0 Å². The molecule has 0 radical (unpaired) electrons. The molecular formula is C2HF5O2. The quantitative estimate of drug-likeness (QED) is 0.340. The van der Waals surface area contributed by atoms with Crippen LogP contribution in [0.15, 0.2) is 0 Å². The lowest BCUT2D eigenvalue weighted by Gasteiger charge is -2.03. The average molecular weight is 152 g/mol. The van der Waals surface area contributed by atoms with Crippen molar-refractivity contribution in [3.8, 4) is 0 Å². The summed E-state index contributed by atoms with van der Waals surface area (Å²) in [7, 11) is 0. The van der Waals surface area contributed by atoms with Gasteiger partial charge in [0, 0.05) is 0 Å². The highest BCUT2D eigenvalue weighted by Gasteiger charge is 2.32. The van der Waals surface area contributed by atoms with Gasteiger partial charge in [-0.2, -0.15) is 13.7 Å². The Morgan fingerprint density at radius 3 is 1.67 bits per heavy atom. The SMILES string of the molecule is FC(F)OOC(F)(F)F. The molecule has 0 aromatic carbocycles. The van der Waals surface area contributed by atoms with Crippen molar-refractivity contribution in [2.24, 2.45) is 0 Å². The standard InChI is InChI=1S/C2HF5O2/c3-1(4)8-9-2(5,6)7/h1H. The van der Waals surface area contributed by atoms with Crippen LogP contribution < -0.4 is 0 Å². The fraction of sp³-hybridized carbons (Fsp3) is 1.00. The molecule has 0 aliphatic heterocycles. The molecule has 0 aromatic heterocycles. The van der Waals surface area contributed by atoms with E-state index in [4.69, 9.17) is 0 Å². The normalized spacial score (nSPS) is 12.7. The van der Waals surface area contributed by atoms with E-state index >= 15 is 0 Å². The van der Waals surface area contributed by atoms with Gasteiger partial charge in [0.2, 0.25) is 0 Å². The molecule has 0 N–H and O–H groups in total. The van der Waals surface area contributed by atoms with Crippen molar-refractivity contribution in [3.63, 3.8) is 0 Å². The highest BCUT2D eigenvalue weighted by molar-refractivity contribution is 4.13. The molecule has 56 valence electrons. The van der Waals surface area contributed by atoms with Crippen LogP contribution in [0, 0.1) is 0 Å². The number of halogens is 5. The molecule has 0 aliphatic carbocycles. The summed E-state index contributed by atoms with van der Waals surface area (Å²) in [6, 6.07) is 0. The molecule has 0 amide bonds. The number of hydrogen-bond acceptors (Lipinski definition) is 2. The monoisotopic (exact) mass is 152 g/mol. The van der Waals surface area contributed by atoms with E-state index in [0.29, 0.717) is 0 Å². The van der Waals surface area contributed by atoms with Crippen LogP contribution in [0.5, 0.6) is 0 Å². The third-order valence-electron chi connectivity index (χ3n) is 0.215. The Hall–Kier alpha value is -0.430. The van der Waals surface area contributed by atoms with Gasteiger partial charge in [-0.15, -0.1) is 18.1 Å². The fourth-order valence-electron chi connectivity index (χ4n) is 0.0909. The Balaban J connectivity index is 3.28. The van der Waals surface area contributed by atoms with E-state index in [1.165, 1.54) is 0 Å². The van der Waals surface area contributed by atoms with Crippen molar-refractivity contribution in [2.45, 2.75) is 13.0 Å². The third kappa shape index (κ3) is 7.57. The van der Waals surface area contributed by atoms with Gasteiger partial charge in [-0.1, -0.05) is 0 Å². The maximum absolute atomic E-state index is 10.7. The van der Waals surface area contributed by atoms with Crippen molar-refractivity contribution in [3.05, 3.63) is 0 Å². The van der Waals surface area contributed by atoms with Gasteiger partial charge in [-0.05, 0) is 0 Å². The average Bonchev–Trinajstić information content (AvgIpc) is 1.59. The molecule has 0 aromatic rings. The largest absolute Gasteiger partial charge is 0.549 e. The van der Waals surface area contributed by atoms with Crippen LogP contribution in [-0.4, -0.2) is 13.0 Å². The van der Waals surface area contributed by atoms with Crippen molar-refractivity contribution in [2.75, 3.05) is 0 Å². The maximum Gasteiger partial charge on any atom is 0.549 e. The van der Waals surface area contributed by atoms with Crippen molar-refractivity contribution in [1.82, 2.24) is 0 Å². The molecule has 0 saturated heterocycles. The zero-order chi connectivity index (χ0) is 7.49. The van der Waals surface area contributed by atoms with Crippen LogP contribution in [0.1, 0.15) is 0 Å². The van der Waals surface area contributed by atoms with Gasteiger partial charge in [-0.3, -0.25) is 0 Å². The fourth-order valence-corrected chi connectivity index (χ4v) is 0.0909. The van der Waals surface area contributed by atoms with E-state index in [1.54, 1.807) is 0 Å². The van der Waals surface area contributed by atoms with Gasteiger partial charge in [0.1, 0.15) is 0 Å².